The second-order valence-electron chi connectivity index (χ2n) is 17.1. The summed E-state index contributed by atoms with van der Waals surface area (Å²) >= 11 is 0. The maximum atomic E-state index is 12.7. The lowest BCUT2D eigenvalue weighted by molar-refractivity contribution is -0.166. The Hall–Kier alpha value is -2.37. The molecule has 0 saturated heterocycles. The van der Waals surface area contributed by atoms with Crippen molar-refractivity contribution in [1.82, 2.24) is 0 Å². The van der Waals surface area contributed by atoms with Crippen molar-refractivity contribution in [2.75, 3.05) is 13.2 Å². The second-order valence-corrected chi connectivity index (χ2v) is 17.1. The van der Waals surface area contributed by atoms with E-state index in [0.29, 0.717) is 19.3 Å². The van der Waals surface area contributed by atoms with E-state index in [1.165, 1.54) is 161 Å². The third kappa shape index (κ3) is 46.5. The summed E-state index contributed by atoms with van der Waals surface area (Å²) in [5, 5.41) is 0. The zero-order chi connectivity index (χ0) is 43.0. The highest BCUT2D eigenvalue weighted by Gasteiger charge is 2.19. The lowest BCUT2D eigenvalue weighted by Crippen LogP contribution is -2.30. The number of carbonyl (C=O) groups excluding carboxylic acids is 3. The van der Waals surface area contributed by atoms with Gasteiger partial charge in [-0.15, -0.1) is 0 Å². The van der Waals surface area contributed by atoms with Gasteiger partial charge in [0.2, 0.25) is 0 Å². The molecular weight excluding hydrogens is 733 g/mol. The van der Waals surface area contributed by atoms with Crippen LogP contribution in [0, 0.1) is 0 Å². The minimum Gasteiger partial charge on any atom is -0.462 e. The summed E-state index contributed by atoms with van der Waals surface area (Å²) in [6.07, 6.45) is 55.7. The number of hydrogen-bond acceptors (Lipinski definition) is 6. The number of unbranched alkanes of at least 4 members (excludes halogenated alkanes) is 29. The van der Waals surface area contributed by atoms with E-state index in [-0.39, 0.29) is 37.5 Å². The van der Waals surface area contributed by atoms with E-state index < -0.39 is 6.10 Å². The molecule has 0 fully saturated rings. The molecule has 0 N–H and O–H groups in total. The van der Waals surface area contributed by atoms with Crippen LogP contribution >= 0.6 is 0 Å². The van der Waals surface area contributed by atoms with E-state index in [0.717, 1.165) is 57.8 Å². The van der Waals surface area contributed by atoms with Gasteiger partial charge in [-0.05, 0) is 64.2 Å². The normalized spacial score (nSPS) is 12.3. The van der Waals surface area contributed by atoms with Crippen molar-refractivity contribution in [2.45, 2.75) is 271 Å². The standard InChI is InChI=1S/C53H96O6/c1-4-7-10-13-16-19-22-25-26-27-29-31-34-37-40-43-46-52(55)58-49-50(48-57-51(54)45-42-39-36-33-30-24-21-18-15-12-9-6-3)59-53(56)47-44-41-38-35-32-28-23-20-17-14-11-8-5-2/h18,21,28,32,38,41,50H,4-17,19-20,22-27,29-31,33-37,39-40,42-49H2,1-3H3/b21-18-,32-28-,41-38-. The molecule has 0 aromatic heterocycles. The van der Waals surface area contributed by atoms with Crippen LogP contribution in [0.4, 0.5) is 0 Å². The van der Waals surface area contributed by atoms with Crippen molar-refractivity contribution in [2.24, 2.45) is 0 Å². The van der Waals surface area contributed by atoms with E-state index in [2.05, 4.69) is 51.2 Å². The van der Waals surface area contributed by atoms with E-state index in [1.807, 2.05) is 6.08 Å². The molecule has 0 aliphatic heterocycles. The van der Waals surface area contributed by atoms with Crippen LogP contribution in [0.25, 0.3) is 0 Å². The van der Waals surface area contributed by atoms with Gasteiger partial charge in [0.1, 0.15) is 13.2 Å². The predicted octanol–water partition coefficient (Wildman–Crippen LogP) is 16.5. The van der Waals surface area contributed by atoms with Gasteiger partial charge in [0.05, 0.1) is 0 Å². The maximum Gasteiger partial charge on any atom is 0.306 e. The Balaban J connectivity index is 4.40. The number of carbonyl (C=O) groups is 3. The molecule has 59 heavy (non-hydrogen) atoms. The van der Waals surface area contributed by atoms with Crippen LogP contribution in [0.15, 0.2) is 36.5 Å². The summed E-state index contributed by atoms with van der Waals surface area (Å²) in [5.41, 5.74) is 0. The fraction of sp³-hybridized carbons (Fsp3) is 0.830. The van der Waals surface area contributed by atoms with Crippen LogP contribution in [-0.4, -0.2) is 37.2 Å². The Labute approximate surface area is 365 Å². The Kier molecular flexibility index (Phi) is 46.4. The van der Waals surface area contributed by atoms with Crippen LogP contribution in [0.5, 0.6) is 0 Å². The number of ether oxygens (including phenoxy) is 3. The largest absolute Gasteiger partial charge is 0.462 e. The number of rotatable bonds is 46. The van der Waals surface area contributed by atoms with Gasteiger partial charge in [0.25, 0.3) is 0 Å². The molecule has 6 heteroatoms. The van der Waals surface area contributed by atoms with Crippen molar-refractivity contribution >= 4 is 17.9 Å². The first-order valence-corrected chi connectivity index (χ1v) is 25.5. The highest BCUT2D eigenvalue weighted by molar-refractivity contribution is 5.71. The van der Waals surface area contributed by atoms with Crippen molar-refractivity contribution < 1.29 is 28.6 Å². The fourth-order valence-electron chi connectivity index (χ4n) is 7.25. The SMILES string of the molecule is CCCCC/C=C\CCCCCCCC(=O)OCC(COC(=O)CCCCCCCCCCCCCCCCCC)OC(=O)CC/C=C\C/C=C\CCCCCCCC. The predicted molar refractivity (Wildman–Crippen MR) is 252 cm³/mol. The Morgan fingerprint density at radius 3 is 1.05 bits per heavy atom. The topological polar surface area (TPSA) is 78.9 Å². The molecule has 0 heterocycles. The van der Waals surface area contributed by atoms with Crippen molar-refractivity contribution in [3.8, 4) is 0 Å². The first-order valence-electron chi connectivity index (χ1n) is 25.5. The zero-order valence-electron chi connectivity index (χ0n) is 39.3. The van der Waals surface area contributed by atoms with E-state index in [9.17, 15) is 14.4 Å². The number of hydrogen-bond donors (Lipinski definition) is 0. The van der Waals surface area contributed by atoms with Crippen molar-refractivity contribution in [3.63, 3.8) is 0 Å². The number of allylic oxidation sites excluding steroid dienone is 6. The molecule has 0 aromatic rings. The summed E-state index contributed by atoms with van der Waals surface area (Å²) in [6.45, 7) is 6.57. The molecule has 1 unspecified atom stereocenters. The van der Waals surface area contributed by atoms with Gasteiger partial charge in [-0.3, -0.25) is 14.4 Å². The summed E-state index contributed by atoms with van der Waals surface area (Å²) in [6, 6.07) is 0. The molecule has 1 atom stereocenters. The fourth-order valence-corrected chi connectivity index (χ4v) is 7.25. The lowest BCUT2D eigenvalue weighted by atomic mass is 10.0. The summed E-state index contributed by atoms with van der Waals surface area (Å²) in [7, 11) is 0. The van der Waals surface area contributed by atoms with Crippen LogP contribution < -0.4 is 0 Å². The molecule has 0 saturated carbocycles. The third-order valence-corrected chi connectivity index (χ3v) is 11.1. The van der Waals surface area contributed by atoms with Crippen LogP contribution in [0.2, 0.25) is 0 Å². The minimum atomic E-state index is -0.801. The summed E-state index contributed by atoms with van der Waals surface area (Å²) < 4.78 is 16.7. The van der Waals surface area contributed by atoms with Crippen LogP contribution in [-0.2, 0) is 28.6 Å². The van der Waals surface area contributed by atoms with Gasteiger partial charge < -0.3 is 14.2 Å². The Bertz CT molecular complexity index is 1000. The molecule has 0 bridgehead atoms. The number of esters is 3. The smallest absolute Gasteiger partial charge is 0.306 e. The Morgan fingerprint density at radius 2 is 0.644 bits per heavy atom. The summed E-state index contributed by atoms with van der Waals surface area (Å²) in [5.74, 6) is -0.964. The van der Waals surface area contributed by atoms with Gasteiger partial charge in [-0.25, -0.2) is 0 Å². The molecule has 0 aromatic carbocycles. The van der Waals surface area contributed by atoms with Gasteiger partial charge in [0, 0.05) is 19.3 Å². The first kappa shape index (κ1) is 56.6. The molecule has 0 aliphatic rings. The van der Waals surface area contributed by atoms with E-state index in [1.54, 1.807) is 0 Å². The molecule has 6 nitrogen and oxygen atoms in total. The molecule has 344 valence electrons. The van der Waals surface area contributed by atoms with Crippen molar-refractivity contribution in [3.05, 3.63) is 36.5 Å². The van der Waals surface area contributed by atoms with Gasteiger partial charge in [0.15, 0.2) is 6.10 Å². The molecule has 0 radical (unpaired) electrons. The van der Waals surface area contributed by atoms with E-state index >= 15 is 0 Å². The molecule has 0 aliphatic carbocycles. The Morgan fingerprint density at radius 1 is 0.339 bits per heavy atom. The minimum absolute atomic E-state index is 0.0942. The van der Waals surface area contributed by atoms with Gasteiger partial charge in [-0.1, -0.05) is 218 Å². The molecule has 0 spiro atoms. The second kappa shape index (κ2) is 48.3. The van der Waals surface area contributed by atoms with Crippen molar-refractivity contribution in [1.29, 1.82) is 0 Å². The summed E-state index contributed by atoms with van der Waals surface area (Å²) in [4.78, 5) is 37.8. The molecule has 0 rings (SSSR count). The van der Waals surface area contributed by atoms with Gasteiger partial charge >= 0.3 is 17.9 Å². The molecular formula is C53H96O6. The van der Waals surface area contributed by atoms with Crippen LogP contribution in [0.3, 0.4) is 0 Å². The first-order chi connectivity index (χ1) is 29.0. The van der Waals surface area contributed by atoms with E-state index in [4.69, 9.17) is 14.2 Å². The highest BCUT2D eigenvalue weighted by Crippen LogP contribution is 2.15. The quantitative estimate of drug-likeness (QED) is 0.0263. The van der Waals surface area contributed by atoms with Crippen LogP contribution in [0.1, 0.15) is 265 Å². The third-order valence-electron chi connectivity index (χ3n) is 11.1. The monoisotopic (exact) mass is 829 g/mol. The average molecular weight is 829 g/mol. The molecule has 0 amide bonds. The lowest BCUT2D eigenvalue weighted by Gasteiger charge is -2.18. The maximum absolute atomic E-state index is 12.7. The van der Waals surface area contributed by atoms with Gasteiger partial charge in [-0.2, -0.15) is 0 Å². The average Bonchev–Trinajstić information content (AvgIpc) is 3.23. The zero-order valence-corrected chi connectivity index (χ0v) is 39.3. The highest BCUT2D eigenvalue weighted by atomic mass is 16.6.